The lowest BCUT2D eigenvalue weighted by atomic mass is 9.85. The fourth-order valence-corrected chi connectivity index (χ4v) is 1.98. The third-order valence-electron chi connectivity index (χ3n) is 4.05. The molecule has 102 valence electrons. The number of nitrogens with zero attached hydrogens (tertiary/aromatic N) is 1. The van der Waals surface area contributed by atoms with Gasteiger partial charge in [0.2, 0.25) is 5.91 Å². The van der Waals surface area contributed by atoms with Gasteiger partial charge in [0, 0.05) is 19.6 Å². The first kappa shape index (κ1) is 16.4. The van der Waals surface area contributed by atoms with Crippen LogP contribution in [0.5, 0.6) is 0 Å². The zero-order valence-electron chi connectivity index (χ0n) is 12.3. The quantitative estimate of drug-likeness (QED) is 0.711. The molecule has 0 fully saturated rings. The molecule has 0 saturated heterocycles. The molecule has 0 aromatic carbocycles. The summed E-state index contributed by atoms with van der Waals surface area (Å²) in [6.45, 7) is 12.5. The minimum Gasteiger partial charge on any atom is -0.342 e. The van der Waals surface area contributed by atoms with Crippen molar-refractivity contribution in [1.29, 1.82) is 0 Å². The maximum absolute atomic E-state index is 12.5. The van der Waals surface area contributed by atoms with Crippen LogP contribution in [0, 0.1) is 11.3 Å². The molecule has 0 aromatic rings. The van der Waals surface area contributed by atoms with E-state index in [0.717, 1.165) is 32.4 Å². The lowest BCUT2D eigenvalue weighted by Gasteiger charge is -2.34. The van der Waals surface area contributed by atoms with Crippen LogP contribution in [0.3, 0.4) is 0 Å². The Morgan fingerprint density at radius 1 is 1.24 bits per heavy atom. The number of carbonyl (C=O) groups excluding carboxylic acids is 1. The van der Waals surface area contributed by atoms with Crippen molar-refractivity contribution in [1.82, 2.24) is 4.90 Å². The molecule has 3 heteroatoms. The second kappa shape index (κ2) is 7.70. The van der Waals surface area contributed by atoms with Gasteiger partial charge in [-0.1, -0.05) is 33.6 Å². The third kappa shape index (κ3) is 4.30. The van der Waals surface area contributed by atoms with Crippen molar-refractivity contribution in [3.8, 4) is 0 Å². The van der Waals surface area contributed by atoms with Gasteiger partial charge in [-0.15, -0.1) is 0 Å². The highest BCUT2D eigenvalue weighted by molar-refractivity contribution is 5.82. The van der Waals surface area contributed by atoms with Crippen LogP contribution in [-0.2, 0) is 4.79 Å². The van der Waals surface area contributed by atoms with E-state index in [9.17, 15) is 4.79 Å². The van der Waals surface area contributed by atoms with E-state index in [1.165, 1.54) is 0 Å². The fourth-order valence-electron chi connectivity index (χ4n) is 1.98. The van der Waals surface area contributed by atoms with E-state index in [0.29, 0.717) is 12.5 Å². The second-order valence-electron chi connectivity index (χ2n) is 5.14. The van der Waals surface area contributed by atoms with Crippen molar-refractivity contribution in [2.24, 2.45) is 17.1 Å². The van der Waals surface area contributed by atoms with E-state index >= 15 is 0 Å². The van der Waals surface area contributed by atoms with Crippen LogP contribution < -0.4 is 5.73 Å². The summed E-state index contributed by atoms with van der Waals surface area (Å²) < 4.78 is 0. The van der Waals surface area contributed by atoms with Gasteiger partial charge in [0.1, 0.15) is 0 Å². The molecule has 0 radical (unpaired) electrons. The Morgan fingerprint density at radius 2 is 1.76 bits per heavy atom. The molecule has 0 aliphatic heterocycles. The molecule has 17 heavy (non-hydrogen) atoms. The summed E-state index contributed by atoms with van der Waals surface area (Å²) in [4.78, 5) is 14.5. The Balaban J connectivity index is 4.70. The number of nitrogens with two attached hydrogens (primary N) is 1. The maximum Gasteiger partial charge on any atom is 0.229 e. The van der Waals surface area contributed by atoms with E-state index < -0.39 is 0 Å². The molecule has 1 amide bonds. The molecule has 1 atom stereocenters. The largest absolute Gasteiger partial charge is 0.342 e. The molecule has 3 nitrogen and oxygen atoms in total. The molecule has 0 aliphatic rings. The standard InChI is InChI=1S/C14H30N2O/c1-6-12(7-2)10-16(9-4)13(17)14(5,8-3)11-15/h12H,6-11,15H2,1-5H3. The van der Waals surface area contributed by atoms with Crippen molar-refractivity contribution >= 4 is 5.91 Å². The molecule has 2 N–H and O–H groups in total. The van der Waals surface area contributed by atoms with E-state index in [1.807, 2.05) is 25.7 Å². The first-order chi connectivity index (χ1) is 7.98. The highest BCUT2D eigenvalue weighted by Gasteiger charge is 2.33. The first-order valence-electron chi connectivity index (χ1n) is 6.98. The highest BCUT2D eigenvalue weighted by atomic mass is 16.2. The van der Waals surface area contributed by atoms with Crippen molar-refractivity contribution < 1.29 is 4.79 Å². The van der Waals surface area contributed by atoms with E-state index in [-0.39, 0.29) is 11.3 Å². The van der Waals surface area contributed by atoms with Gasteiger partial charge >= 0.3 is 0 Å². The third-order valence-corrected chi connectivity index (χ3v) is 4.05. The predicted molar refractivity (Wildman–Crippen MR) is 73.8 cm³/mol. The topological polar surface area (TPSA) is 46.3 Å². The summed E-state index contributed by atoms with van der Waals surface area (Å²) in [5.41, 5.74) is 5.37. The highest BCUT2D eigenvalue weighted by Crippen LogP contribution is 2.24. The van der Waals surface area contributed by atoms with Gasteiger partial charge in [-0.25, -0.2) is 0 Å². The van der Waals surface area contributed by atoms with E-state index in [4.69, 9.17) is 5.73 Å². The van der Waals surface area contributed by atoms with Gasteiger partial charge in [-0.2, -0.15) is 0 Å². The summed E-state index contributed by atoms with van der Waals surface area (Å²) in [6.07, 6.45) is 3.07. The summed E-state index contributed by atoms with van der Waals surface area (Å²) in [5.74, 6) is 0.828. The van der Waals surface area contributed by atoms with Crippen LogP contribution in [0.25, 0.3) is 0 Å². The Labute approximate surface area is 107 Å². The van der Waals surface area contributed by atoms with Gasteiger partial charge in [-0.05, 0) is 26.2 Å². The summed E-state index contributed by atoms with van der Waals surface area (Å²) >= 11 is 0. The van der Waals surface area contributed by atoms with Gasteiger partial charge in [0.25, 0.3) is 0 Å². The minimum absolute atomic E-state index is 0.219. The molecule has 0 aromatic heterocycles. The van der Waals surface area contributed by atoms with Crippen molar-refractivity contribution in [3.05, 3.63) is 0 Å². The normalized spacial score (nSPS) is 14.8. The van der Waals surface area contributed by atoms with Crippen molar-refractivity contribution in [2.75, 3.05) is 19.6 Å². The molecule has 0 aliphatic carbocycles. The molecule has 0 saturated carbocycles. The number of rotatable bonds is 8. The molecular formula is C14H30N2O. The van der Waals surface area contributed by atoms with Crippen LogP contribution in [0.15, 0.2) is 0 Å². The second-order valence-corrected chi connectivity index (χ2v) is 5.14. The average molecular weight is 242 g/mol. The zero-order chi connectivity index (χ0) is 13.5. The number of hydrogen-bond acceptors (Lipinski definition) is 2. The van der Waals surface area contributed by atoms with Crippen LogP contribution >= 0.6 is 0 Å². The Kier molecular flexibility index (Phi) is 7.44. The summed E-state index contributed by atoms with van der Waals surface area (Å²) in [6, 6.07) is 0. The number of carbonyl (C=O) groups is 1. The van der Waals surface area contributed by atoms with Crippen LogP contribution in [0.2, 0.25) is 0 Å². The lowest BCUT2D eigenvalue weighted by molar-refractivity contribution is -0.141. The monoisotopic (exact) mass is 242 g/mol. The van der Waals surface area contributed by atoms with Crippen LogP contribution in [0.1, 0.15) is 53.9 Å². The minimum atomic E-state index is -0.387. The molecule has 0 heterocycles. The molecular weight excluding hydrogens is 212 g/mol. The van der Waals surface area contributed by atoms with Gasteiger partial charge in [-0.3, -0.25) is 4.79 Å². The Hall–Kier alpha value is -0.570. The van der Waals surface area contributed by atoms with Crippen molar-refractivity contribution in [2.45, 2.75) is 53.9 Å². The summed E-state index contributed by atoms with van der Waals surface area (Å²) in [5, 5.41) is 0. The smallest absolute Gasteiger partial charge is 0.229 e. The van der Waals surface area contributed by atoms with Crippen molar-refractivity contribution in [3.63, 3.8) is 0 Å². The average Bonchev–Trinajstić information content (AvgIpc) is 2.38. The first-order valence-corrected chi connectivity index (χ1v) is 6.98. The SMILES string of the molecule is CCC(CC)CN(CC)C(=O)C(C)(CC)CN. The van der Waals surface area contributed by atoms with Gasteiger partial charge in [0.05, 0.1) is 5.41 Å². The fraction of sp³-hybridized carbons (Fsp3) is 0.929. The van der Waals surface area contributed by atoms with Crippen LogP contribution in [0.4, 0.5) is 0 Å². The summed E-state index contributed by atoms with van der Waals surface area (Å²) in [7, 11) is 0. The van der Waals surface area contributed by atoms with E-state index in [2.05, 4.69) is 13.8 Å². The molecule has 0 rings (SSSR count). The lowest BCUT2D eigenvalue weighted by Crippen LogP contribution is -2.47. The molecule has 1 unspecified atom stereocenters. The van der Waals surface area contributed by atoms with Gasteiger partial charge in [0.15, 0.2) is 0 Å². The van der Waals surface area contributed by atoms with E-state index in [1.54, 1.807) is 0 Å². The predicted octanol–water partition coefficient (Wildman–Crippen LogP) is 2.65. The number of hydrogen-bond donors (Lipinski definition) is 1. The number of amides is 1. The van der Waals surface area contributed by atoms with Crippen LogP contribution in [-0.4, -0.2) is 30.4 Å². The Bertz CT molecular complexity index is 220. The molecule has 0 bridgehead atoms. The Morgan fingerprint density at radius 3 is 2.06 bits per heavy atom. The maximum atomic E-state index is 12.5. The zero-order valence-corrected chi connectivity index (χ0v) is 12.3. The van der Waals surface area contributed by atoms with Gasteiger partial charge < -0.3 is 10.6 Å². The molecule has 0 spiro atoms.